The maximum atomic E-state index is 14.2. The van der Waals surface area contributed by atoms with Crippen LogP contribution in [-0.4, -0.2) is 36.2 Å². The van der Waals surface area contributed by atoms with Crippen LogP contribution in [0, 0.1) is 5.82 Å². The number of nitrogens with zero attached hydrogens (tertiary/aromatic N) is 1. The molecule has 180 valence electrons. The van der Waals surface area contributed by atoms with Gasteiger partial charge in [0.1, 0.15) is 11.6 Å². The minimum atomic E-state index is -3.78. The zero-order chi connectivity index (χ0) is 24.9. The average Bonchev–Trinajstić information content (AvgIpc) is 3.26. The minimum Gasteiger partial charge on any atom is -0.481 e. The van der Waals surface area contributed by atoms with E-state index in [1.807, 2.05) is 19.1 Å². The standard InChI is InChI=1S/C19H19F2NO4S2.C4H7Cl/c1-4-13(21)10(2)27-19-17-14(8-12(20)9-15(17)28(3,25)26)22-6-5-11(18(19)22)7-16(23)24;1-2-3-4-5/h4,8-9,11H,1,5-7H2,2-3H3,(H,23,24);2-3H,4H2,1H3/b13-10-;3-2-. The highest BCUT2D eigenvalue weighted by Crippen LogP contribution is 2.48. The lowest BCUT2D eigenvalue weighted by molar-refractivity contribution is -0.137. The molecule has 0 bridgehead atoms. The number of allylic oxidation sites excluding steroid dienone is 5. The second-order valence-corrected chi connectivity index (χ2v) is 11.0. The van der Waals surface area contributed by atoms with Crippen molar-refractivity contribution in [3.63, 3.8) is 0 Å². The quantitative estimate of drug-likeness (QED) is 0.198. The first-order valence-corrected chi connectivity index (χ1v) is 13.3. The fraction of sp³-hybridized carbons (Fsp3) is 0.348. The predicted molar refractivity (Wildman–Crippen MR) is 130 cm³/mol. The molecule has 0 saturated heterocycles. The lowest BCUT2D eigenvalue weighted by Gasteiger charge is -2.11. The van der Waals surface area contributed by atoms with Gasteiger partial charge in [-0.15, -0.1) is 11.6 Å². The summed E-state index contributed by atoms with van der Waals surface area (Å²) in [6.45, 7) is 7.31. The highest BCUT2D eigenvalue weighted by atomic mass is 35.5. The molecule has 3 rings (SSSR count). The zero-order valence-electron chi connectivity index (χ0n) is 18.6. The topological polar surface area (TPSA) is 76.4 Å². The van der Waals surface area contributed by atoms with Gasteiger partial charge >= 0.3 is 5.97 Å². The third-order valence-corrected chi connectivity index (χ3v) is 7.51. The normalized spacial score (nSPS) is 16.4. The molecule has 33 heavy (non-hydrogen) atoms. The van der Waals surface area contributed by atoms with Crippen molar-refractivity contribution in [3.8, 4) is 0 Å². The molecule has 0 aliphatic carbocycles. The number of rotatable bonds is 7. The first-order chi connectivity index (χ1) is 15.5. The SMILES string of the molecule is C/C=C\CCl.C=C/C(F)=C(\C)Sc1c2n(c3cc(F)cc(S(C)(=O)=O)c13)CCC2CC(=O)O. The molecule has 2 aromatic rings. The number of carboxylic acids is 1. The summed E-state index contributed by atoms with van der Waals surface area (Å²) in [6, 6.07) is 2.19. The summed E-state index contributed by atoms with van der Waals surface area (Å²) in [6.07, 6.45) is 6.23. The summed E-state index contributed by atoms with van der Waals surface area (Å²) in [5.41, 5.74) is 0.978. The number of aromatic nitrogens is 1. The number of aryl methyl sites for hydroxylation is 1. The lowest BCUT2D eigenvalue weighted by atomic mass is 10.0. The number of alkyl halides is 1. The number of carbonyl (C=O) groups is 1. The van der Waals surface area contributed by atoms with E-state index in [0.717, 1.165) is 30.2 Å². The molecule has 0 amide bonds. The van der Waals surface area contributed by atoms with Crippen LogP contribution in [0.4, 0.5) is 8.78 Å². The van der Waals surface area contributed by atoms with Crippen molar-refractivity contribution in [3.05, 3.63) is 59.2 Å². The van der Waals surface area contributed by atoms with Crippen LogP contribution in [0.3, 0.4) is 0 Å². The molecule has 0 spiro atoms. The Bertz CT molecular complexity index is 1230. The van der Waals surface area contributed by atoms with Crippen LogP contribution in [0.5, 0.6) is 0 Å². The average molecular weight is 518 g/mol. The monoisotopic (exact) mass is 517 g/mol. The van der Waals surface area contributed by atoms with Gasteiger partial charge < -0.3 is 9.67 Å². The van der Waals surface area contributed by atoms with Crippen LogP contribution in [-0.2, 0) is 21.2 Å². The van der Waals surface area contributed by atoms with Gasteiger partial charge in [-0.1, -0.05) is 30.5 Å². The Hall–Kier alpha value is -2.10. The Morgan fingerprint density at radius 3 is 2.58 bits per heavy atom. The second-order valence-electron chi connectivity index (χ2n) is 7.45. The maximum absolute atomic E-state index is 14.2. The summed E-state index contributed by atoms with van der Waals surface area (Å²) in [5.74, 6) is -1.98. The van der Waals surface area contributed by atoms with Crippen molar-refractivity contribution in [2.24, 2.45) is 0 Å². The van der Waals surface area contributed by atoms with Crippen molar-refractivity contribution in [2.75, 3.05) is 12.1 Å². The number of thioether (sulfide) groups is 1. The first kappa shape index (κ1) is 27.1. The molecule has 1 N–H and O–H groups in total. The second kappa shape index (κ2) is 11.4. The highest BCUT2D eigenvalue weighted by molar-refractivity contribution is 8.03. The van der Waals surface area contributed by atoms with E-state index in [4.69, 9.17) is 11.6 Å². The van der Waals surface area contributed by atoms with Gasteiger partial charge in [-0.3, -0.25) is 4.79 Å². The van der Waals surface area contributed by atoms with Crippen molar-refractivity contribution in [1.82, 2.24) is 4.57 Å². The van der Waals surface area contributed by atoms with Gasteiger partial charge in [-0.2, -0.15) is 0 Å². The Morgan fingerprint density at radius 1 is 1.42 bits per heavy atom. The third kappa shape index (κ3) is 6.28. The van der Waals surface area contributed by atoms with Gasteiger partial charge in [0.25, 0.3) is 0 Å². The van der Waals surface area contributed by atoms with Crippen LogP contribution >= 0.6 is 23.4 Å². The molecule has 1 aliphatic rings. The molecule has 10 heteroatoms. The highest BCUT2D eigenvalue weighted by Gasteiger charge is 2.34. The number of aliphatic carboxylic acids is 1. The smallest absolute Gasteiger partial charge is 0.304 e. The van der Waals surface area contributed by atoms with Crippen molar-refractivity contribution < 1.29 is 27.1 Å². The predicted octanol–water partition coefficient (Wildman–Crippen LogP) is 6.43. The number of hydrogen-bond acceptors (Lipinski definition) is 4. The molecule has 2 heterocycles. The summed E-state index contributed by atoms with van der Waals surface area (Å²) in [7, 11) is -3.78. The van der Waals surface area contributed by atoms with Gasteiger partial charge in [-0.05, 0) is 38.5 Å². The number of benzene rings is 1. The van der Waals surface area contributed by atoms with E-state index in [1.165, 1.54) is 13.0 Å². The molecule has 0 radical (unpaired) electrons. The molecule has 1 unspecified atom stereocenters. The van der Waals surface area contributed by atoms with Gasteiger partial charge in [0.05, 0.1) is 16.8 Å². The van der Waals surface area contributed by atoms with Crippen molar-refractivity contribution >= 4 is 50.1 Å². The Morgan fingerprint density at radius 2 is 2.09 bits per heavy atom. The van der Waals surface area contributed by atoms with Gasteiger partial charge in [0.15, 0.2) is 9.84 Å². The van der Waals surface area contributed by atoms with E-state index in [2.05, 4.69) is 6.58 Å². The van der Waals surface area contributed by atoms with E-state index in [0.29, 0.717) is 40.3 Å². The van der Waals surface area contributed by atoms with Crippen LogP contribution in [0.2, 0.25) is 0 Å². The molecular weight excluding hydrogens is 492 g/mol. The number of hydrogen-bond donors (Lipinski definition) is 1. The number of sulfone groups is 1. The number of halogens is 3. The molecule has 1 atom stereocenters. The molecule has 1 aromatic heterocycles. The van der Waals surface area contributed by atoms with E-state index in [-0.39, 0.29) is 22.1 Å². The van der Waals surface area contributed by atoms with Crippen LogP contribution in [0.25, 0.3) is 10.9 Å². The summed E-state index contributed by atoms with van der Waals surface area (Å²) >= 11 is 6.23. The molecular formula is C23H26ClF2NO4S2. The van der Waals surface area contributed by atoms with E-state index < -0.39 is 27.5 Å². The van der Waals surface area contributed by atoms with Gasteiger partial charge in [0.2, 0.25) is 0 Å². The molecule has 1 aliphatic heterocycles. The van der Waals surface area contributed by atoms with E-state index in [1.54, 1.807) is 4.57 Å². The molecule has 5 nitrogen and oxygen atoms in total. The maximum Gasteiger partial charge on any atom is 0.304 e. The van der Waals surface area contributed by atoms with Crippen LogP contribution < -0.4 is 0 Å². The largest absolute Gasteiger partial charge is 0.481 e. The number of carboxylic acid groups (broad SMARTS) is 1. The first-order valence-electron chi connectivity index (χ1n) is 10.1. The van der Waals surface area contributed by atoms with Crippen molar-refractivity contribution in [1.29, 1.82) is 0 Å². The Kier molecular flexibility index (Phi) is 9.34. The van der Waals surface area contributed by atoms with E-state index >= 15 is 0 Å². The fourth-order valence-electron chi connectivity index (χ4n) is 3.70. The summed E-state index contributed by atoms with van der Waals surface area (Å²) in [5, 5.41) is 9.55. The molecule has 1 aromatic carbocycles. The van der Waals surface area contributed by atoms with E-state index in [9.17, 15) is 27.1 Å². The van der Waals surface area contributed by atoms with Crippen LogP contribution in [0.1, 0.15) is 38.3 Å². The van der Waals surface area contributed by atoms with Gasteiger partial charge in [0, 0.05) is 45.5 Å². The van der Waals surface area contributed by atoms with Crippen LogP contribution in [0.15, 0.2) is 57.5 Å². The Balaban J connectivity index is 0.000000696. The minimum absolute atomic E-state index is 0.146. The number of fused-ring (bicyclic) bond motifs is 3. The third-order valence-electron chi connectivity index (χ3n) is 5.09. The van der Waals surface area contributed by atoms with Gasteiger partial charge in [-0.25, -0.2) is 17.2 Å². The summed E-state index contributed by atoms with van der Waals surface area (Å²) in [4.78, 5) is 11.8. The lowest BCUT2D eigenvalue weighted by Crippen LogP contribution is -2.04. The molecule has 0 fully saturated rings. The zero-order valence-corrected chi connectivity index (χ0v) is 21.0. The molecule has 0 saturated carbocycles. The summed E-state index contributed by atoms with van der Waals surface area (Å²) < 4.78 is 54.6. The van der Waals surface area contributed by atoms with Crippen molar-refractivity contribution in [2.45, 2.75) is 48.9 Å². The Labute approximate surface area is 201 Å². The fourth-order valence-corrected chi connectivity index (χ4v) is 6.03.